The van der Waals surface area contributed by atoms with Gasteiger partial charge in [0.05, 0.1) is 0 Å². The molecule has 5 nitrogen and oxygen atoms in total. The maximum Gasteiger partial charge on any atom is 0.471 e. The maximum absolute atomic E-state index is 11.9. The number of nitrogens with one attached hydrogen (secondary N) is 1. The Kier molecular flexibility index (Phi) is 6.09. The molecular formula is C12H20F3N3O2. The van der Waals surface area contributed by atoms with Crippen molar-refractivity contribution >= 4 is 11.9 Å². The van der Waals surface area contributed by atoms with Crippen LogP contribution in [0.2, 0.25) is 0 Å². The molecule has 1 aliphatic rings. The quantitative estimate of drug-likeness (QED) is 0.725. The second-order valence-electron chi connectivity index (χ2n) is 4.86. The fourth-order valence-corrected chi connectivity index (χ4v) is 1.99. The van der Waals surface area contributed by atoms with Gasteiger partial charge in [0.1, 0.15) is 0 Å². The topological polar surface area (TPSA) is 52.6 Å². The highest BCUT2D eigenvalue weighted by Crippen LogP contribution is 2.14. The molecule has 1 rings (SSSR count). The molecule has 0 aromatic rings. The molecule has 3 amide bonds. The molecule has 0 spiro atoms. The summed E-state index contributed by atoms with van der Waals surface area (Å²) in [6.07, 6.45) is -1.91. The van der Waals surface area contributed by atoms with E-state index in [0.717, 1.165) is 32.4 Å². The van der Waals surface area contributed by atoms with Gasteiger partial charge in [-0.3, -0.25) is 4.79 Å². The summed E-state index contributed by atoms with van der Waals surface area (Å²) in [6.45, 7) is 2.18. The van der Waals surface area contributed by atoms with Crippen molar-refractivity contribution in [2.45, 2.75) is 31.9 Å². The third-order valence-corrected chi connectivity index (χ3v) is 3.20. The van der Waals surface area contributed by atoms with Gasteiger partial charge in [0.25, 0.3) is 0 Å². The zero-order valence-electron chi connectivity index (χ0n) is 11.5. The Labute approximate surface area is 116 Å². The molecule has 1 aliphatic heterocycles. The molecule has 1 heterocycles. The molecule has 8 heteroatoms. The normalized spacial score (nSPS) is 15.9. The third-order valence-electron chi connectivity index (χ3n) is 3.20. The van der Waals surface area contributed by atoms with Crippen LogP contribution in [0.3, 0.4) is 0 Å². The molecule has 0 atom stereocenters. The number of urea groups is 1. The predicted molar refractivity (Wildman–Crippen MR) is 67.1 cm³/mol. The van der Waals surface area contributed by atoms with Crippen molar-refractivity contribution < 1.29 is 22.8 Å². The summed E-state index contributed by atoms with van der Waals surface area (Å²) in [5.74, 6) is -1.89. The van der Waals surface area contributed by atoms with Gasteiger partial charge in [-0.2, -0.15) is 13.2 Å². The van der Waals surface area contributed by atoms with Gasteiger partial charge < -0.3 is 15.1 Å². The number of hydrogen-bond donors (Lipinski definition) is 1. The van der Waals surface area contributed by atoms with Gasteiger partial charge in [-0.25, -0.2) is 4.79 Å². The lowest BCUT2D eigenvalue weighted by Gasteiger charge is -2.15. The minimum absolute atomic E-state index is 0.0300. The van der Waals surface area contributed by atoms with E-state index in [1.54, 1.807) is 16.8 Å². The fourth-order valence-electron chi connectivity index (χ4n) is 1.99. The molecule has 0 unspecified atom stereocenters. The van der Waals surface area contributed by atoms with Crippen LogP contribution < -0.4 is 5.32 Å². The SMILES string of the molecule is CN1CCN(CCCCCCNC(=O)C(F)(F)F)C1=O. The fraction of sp³-hybridized carbons (Fsp3) is 0.833. The Morgan fingerprint density at radius 2 is 1.85 bits per heavy atom. The Hall–Kier alpha value is -1.47. The number of halogens is 3. The zero-order valence-corrected chi connectivity index (χ0v) is 11.5. The number of nitrogens with zero attached hydrogens (tertiary/aromatic N) is 2. The lowest BCUT2D eigenvalue weighted by molar-refractivity contribution is -0.173. The largest absolute Gasteiger partial charge is 0.471 e. The molecule has 1 N–H and O–H groups in total. The van der Waals surface area contributed by atoms with Crippen LogP contribution in [0.25, 0.3) is 0 Å². The van der Waals surface area contributed by atoms with Crippen LogP contribution in [0.4, 0.5) is 18.0 Å². The number of carbonyl (C=O) groups excluding carboxylic acids is 2. The summed E-state index contributed by atoms with van der Waals surface area (Å²) in [7, 11) is 1.76. The van der Waals surface area contributed by atoms with Crippen molar-refractivity contribution in [2.75, 3.05) is 33.2 Å². The van der Waals surface area contributed by atoms with Crippen molar-refractivity contribution in [2.24, 2.45) is 0 Å². The first-order valence-electron chi connectivity index (χ1n) is 6.67. The van der Waals surface area contributed by atoms with Gasteiger partial charge in [-0.15, -0.1) is 0 Å². The number of rotatable bonds is 7. The number of hydrogen-bond acceptors (Lipinski definition) is 2. The second-order valence-corrected chi connectivity index (χ2v) is 4.86. The first kappa shape index (κ1) is 16.6. The molecule has 0 aliphatic carbocycles. The first-order chi connectivity index (χ1) is 9.32. The van der Waals surface area contributed by atoms with Crippen LogP contribution in [0.15, 0.2) is 0 Å². The molecule has 0 bridgehead atoms. The first-order valence-corrected chi connectivity index (χ1v) is 6.67. The average Bonchev–Trinajstić information content (AvgIpc) is 2.68. The van der Waals surface area contributed by atoms with E-state index in [0.29, 0.717) is 13.0 Å². The molecule has 0 aromatic heterocycles. The van der Waals surface area contributed by atoms with Crippen LogP contribution in [-0.2, 0) is 4.79 Å². The van der Waals surface area contributed by atoms with Crippen LogP contribution in [-0.4, -0.2) is 61.1 Å². The minimum atomic E-state index is -4.80. The Morgan fingerprint density at radius 1 is 1.20 bits per heavy atom. The van der Waals surface area contributed by atoms with Gasteiger partial charge in [0.2, 0.25) is 0 Å². The van der Waals surface area contributed by atoms with Gasteiger partial charge in [-0.1, -0.05) is 12.8 Å². The zero-order chi connectivity index (χ0) is 15.2. The van der Waals surface area contributed by atoms with Crippen molar-refractivity contribution in [1.82, 2.24) is 15.1 Å². The summed E-state index contributed by atoms with van der Waals surface area (Å²) in [5.41, 5.74) is 0. The Balaban J connectivity index is 1.98. The molecule has 0 aromatic carbocycles. The third kappa shape index (κ3) is 5.26. The monoisotopic (exact) mass is 295 g/mol. The highest BCUT2D eigenvalue weighted by atomic mass is 19.4. The standard InChI is InChI=1S/C12H20F3N3O2/c1-17-8-9-18(11(17)20)7-5-3-2-4-6-16-10(19)12(13,14)15/h2-9H2,1H3,(H,16,19). The second kappa shape index (κ2) is 7.35. The number of carbonyl (C=O) groups is 2. The Bertz CT molecular complexity index is 347. The lowest BCUT2D eigenvalue weighted by atomic mass is 10.2. The highest BCUT2D eigenvalue weighted by molar-refractivity contribution is 5.81. The Morgan fingerprint density at radius 3 is 2.40 bits per heavy atom. The summed E-state index contributed by atoms with van der Waals surface area (Å²) in [4.78, 5) is 25.5. The summed E-state index contributed by atoms with van der Waals surface area (Å²) in [6, 6.07) is 0.0300. The van der Waals surface area contributed by atoms with E-state index in [9.17, 15) is 22.8 Å². The molecule has 0 saturated carbocycles. The highest BCUT2D eigenvalue weighted by Gasteiger charge is 2.38. The smallest absolute Gasteiger partial charge is 0.348 e. The van der Waals surface area contributed by atoms with Crippen molar-refractivity contribution in [1.29, 1.82) is 0 Å². The van der Waals surface area contributed by atoms with E-state index in [1.165, 1.54) is 0 Å². The van der Waals surface area contributed by atoms with E-state index >= 15 is 0 Å². The molecule has 116 valence electrons. The number of likely N-dealkylation sites (N-methyl/N-ethyl adjacent to an activating group) is 1. The summed E-state index contributed by atoms with van der Waals surface area (Å²) >= 11 is 0. The molecule has 20 heavy (non-hydrogen) atoms. The lowest BCUT2D eigenvalue weighted by Crippen LogP contribution is -2.37. The summed E-state index contributed by atoms with van der Waals surface area (Å²) in [5, 5.41) is 1.83. The van der Waals surface area contributed by atoms with Crippen LogP contribution in [0.1, 0.15) is 25.7 Å². The molecule has 0 radical (unpaired) electrons. The van der Waals surface area contributed by atoms with Crippen LogP contribution in [0, 0.1) is 0 Å². The number of amides is 3. The predicted octanol–water partition coefficient (Wildman–Crippen LogP) is 1.59. The molecule has 1 fully saturated rings. The average molecular weight is 295 g/mol. The van der Waals surface area contributed by atoms with Gasteiger partial charge in [0.15, 0.2) is 0 Å². The van der Waals surface area contributed by atoms with E-state index in [-0.39, 0.29) is 12.6 Å². The number of unbranched alkanes of at least 4 members (excludes halogenated alkanes) is 3. The van der Waals surface area contributed by atoms with Crippen LogP contribution >= 0.6 is 0 Å². The van der Waals surface area contributed by atoms with E-state index in [4.69, 9.17) is 0 Å². The van der Waals surface area contributed by atoms with Crippen LogP contribution in [0.5, 0.6) is 0 Å². The number of alkyl halides is 3. The van der Waals surface area contributed by atoms with Gasteiger partial charge in [-0.05, 0) is 12.8 Å². The van der Waals surface area contributed by atoms with E-state index < -0.39 is 12.1 Å². The van der Waals surface area contributed by atoms with Gasteiger partial charge in [0, 0.05) is 33.2 Å². The molecule has 1 saturated heterocycles. The molecular weight excluding hydrogens is 275 g/mol. The van der Waals surface area contributed by atoms with Crippen molar-refractivity contribution in [3.8, 4) is 0 Å². The van der Waals surface area contributed by atoms with Gasteiger partial charge >= 0.3 is 18.1 Å². The van der Waals surface area contributed by atoms with E-state index in [1.807, 2.05) is 5.32 Å². The van der Waals surface area contributed by atoms with Crippen molar-refractivity contribution in [3.63, 3.8) is 0 Å². The van der Waals surface area contributed by atoms with Crippen molar-refractivity contribution in [3.05, 3.63) is 0 Å². The summed E-state index contributed by atoms with van der Waals surface area (Å²) < 4.78 is 35.6. The maximum atomic E-state index is 11.9. The van der Waals surface area contributed by atoms with E-state index in [2.05, 4.69) is 0 Å². The minimum Gasteiger partial charge on any atom is -0.348 e.